The summed E-state index contributed by atoms with van der Waals surface area (Å²) in [6, 6.07) is 0. The lowest BCUT2D eigenvalue weighted by molar-refractivity contribution is -0.157. The zero-order valence-electron chi connectivity index (χ0n) is 11.9. The van der Waals surface area contributed by atoms with Crippen molar-refractivity contribution < 1.29 is 9.53 Å². The summed E-state index contributed by atoms with van der Waals surface area (Å²) < 4.78 is 5.10. The molecule has 0 saturated carbocycles. The van der Waals surface area contributed by atoms with E-state index >= 15 is 0 Å². The first kappa shape index (κ1) is 16.2. The van der Waals surface area contributed by atoms with E-state index in [1.807, 2.05) is 0 Å². The number of carbonyl (C=O) groups excluding carboxylic acids is 1. The van der Waals surface area contributed by atoms with Gasteiger partial charge in [-0.3, -0.25) is 4.79 Å². The lowest BCUT2D eigenvalue weighted by Crippen LogP contribution is -2.33. The molecule has 0 saturated heterocycles. The van der Waals surface area contributed by atoms with Crippen molar-refractivity contribution in [3.8, 4) is 0 Å². The van der Waals surface area contributed by atoms with Crippen molar-refractivity contribution in [1.29, 1.82) is 0 Å². The van der Waals surface area contributed by atoms with Gasteiger partial charge in [-0.25, -0.2) is 4.99 Å². The first-order chi connectivity index (χ1) is 8.04. The van der Waals surface area contributed by atoms with Crippen LogP contribution in [0.4, 0.5) is 0 Å². The number of hydrogen-bond donors (Lipinski definition) is 2. The highest BCUT2D eigenvalue weighted by Crippen LogP contribution is 2.16. The van der Waals surface area contributed by atoms with Crippen molar-refractivity contribution in [3.05, 3.63) is 0 Å². The average Bonchev–Trinajstić information content (AvgIpc) is 2.14. The Hall–Kier alpha value is -1.79. The first-order valence-corrected chi connectivity index (χ1v) is 5.60. The van der Waals surface area contributed by atoms with Gasteiger partial charge in [-0.05, 0) is 27.7 Å². The molecule has 4 N–H and O–H groups in total. The van der Waals surface area contributed by atoms with Crippen LogP contribution < -0.4 is 11.5 Å². The van der Waals surface area contributed by atoms with E-state index in [2.05, 4.69) is 9.98 Å². The van der Waals surface area contributed by atoms with Crippen LogP contribution in [0.5, 0.6) is 0 Å². The number of aliphatic imine (C=N–C) groups is 2. The minimum Gasteiger partial charge on any atom is -0.440 e. The quantitative estimate of drug-likeness (QED) is 0.415. The van der Waals surface area contributed by atoms with Gasteiger partial charge in [-0.1, -0.05) is 0 Å². The standard InChI is InChI=1S/C11H23N5O2/c1-7(18-8(17)11(2,3)4)14-9(12)15-10(13)16(5)6/h7H,1-6H3,(H4,12,13,14,15). The highest BCUT2D eigenvalue weighted by molar-refractivity contribution is 5.93. The third kappa shape index (κ3) is 6.07. The summed E-state index contributed by atoms with van der Waals surface area (Å²) in [5.41, 5.74) is 10.6. The second-order valence-electron chi connectivity index (χ2n) is 5.11. The van der Waals surface area contributed by atoms with Crippen molar-refractivity contribution in [2.45, 2.75) is 33.9 Å². The van der Waals surface area contributed by atoms with Gasteiger partial charge in [0, 0.05) is 14.1 Å². The van der Waals surface area contributed by atoms with Crippen molar-refractivity contribution in [2.24, 2.45) is 26.9 Å². The highest BCUT2D eigenvalue weighted by atomic mass is 16.6. The van der Waals surface area contributed by atoms with E-state index in [1.54, 1.807) is 46.7 Å². The maximum Gasteiger partial charge on any atom is 0.313 e. The minimum absolute atomic E-state index is 0.0320. The van der Waals surface area contributed by atoms with Crippen molar-refractivity contribution in [3.63, 3.8) is 0 Å². The molecule has 7 nitrogen and oxygen atoms in total. The Morgan fingerprint density at radius 3 is 2.17 bits per heavy atom. The normalized spacial score (nSPS) is 15.2. The molecule has 104 valence electrons. The Kier molecular flexibility index (Phi) is 5.61. The number of esters is 1. The van der Waals surface area contributed by atoms with E-state index in [9.17, 15) is 4.79 Å². The molecule has 0 aliphatic carbocycles. The lowest BCUT2D eigenvalue weighted by Gasteiger charge is -2.18. The highest BCUT2D eigenvalue weighted by Gasteiger charge is 2.24. The number of nitrogens with two attached hydrogens (primary N) is 2. The van der Waals surface area contributed by atoms with Gasteiger partial charge >= 0.3 is 5.97 Å². The molecule has 0 spiro atoms. The molecule has 1 atom stereocenters. The van der Waals surface area contributed by atoms with Gasteiger partial charge in [0.2, 0.25) is 5.96 Å². The third-order valence-corrected chi connectivity index (χ3v) is 1.89. The lowest BCUT2D eigenvalue weighted by atomic mass is 9.97. The van der Waals surface area contributed by atoms with Crippen molar-refractivity contribution >= 4 is 17.9 Å². The topological polar surface area (TPSA) is 106 Å². The number of hydrogen-bond acceptors (Lipinski definition) is 3. The Morgan fingerprint density at radius 2 is 1.78 bits per heavy atom. The van der Waals surface area contributed by atoms with E-state index in [-0.39, 0.29) is 17.9 Å². The molecule has 0 heterocycles. The summed E-state index contributed by atoms with van der Waals surface area (Å²) in [6.45, 7) is 6.89. The summed E-state index contributed by atoms with van der Waals surface area (Å²) in [4.78, 5) is 20.9. The fraction of sp³-hybridized carbons (Fsp3) is 0.727. The molecule has 0 fully saturated rings. The first-order valence-electron chi connectivity index (χ1n) is 5.60. The van der Waals surface area contributed by atoms with Crippen LogP contribution in [0.2, 0.25) is 0 Å². The predicted octanol–water partition coefficient (Wildman–Crippen LogP) is 0.113. The Bertz CT molecular complexity index is 355. The molecular weight excluding hydrogens is 234 g/mol. The number of carbonyl (C=O) groups is 1. The number of rotatable bonds is 2. The van der Waals surface area contributed by atoms with Crippen LogP contribution in [0.15, 0.2) is 9.98 Å². The Balaban J connectivity index is 4.60. The van der Waals surface area contributed by atoms with Crippen LogP contribution in [0.3, 0.4) is 0 Å². The Morgan fingerprint density at radius 1 is 1.28 bits per heavy atom. The van der Waals surface area contributed by atoms with Crippen LogP contribution in [0, 0.1) is 5.41 Å². The predicted molar refractivity (Wildman–Crippen MR) is 71.9 cm³/mol. The largest absolute Gasteiger partial charge is 0.440 e. The molecule has 0 aromatic heterocycles. The molecule has 7 heteroatoms. The summed E-state index contributed by atoms with van der Waals surface area (Å²) in [6.07, 6.45) is -0.699. The molecule has 0 aliphatic heterocycles. The molecule has 0 aromatic carbocycles. The zero-order valence-corrected chi connectivity index (χ0v) is 11.9. The fourth-order valence-electron chi connectivity index (χ4n) is 0.791. The molecule has 0 bridgehead atoms. The fourth-order valence-corrected chi connectivity index (χ4v) is 0.791. The van der Waals surface area contributed by atoms with E-state index in [0.717, 1.165) is 0 Å². The van der Waals surface area contributed by atoms with Gasteiger partial charge in [-0.2, -0.15) is 4.99 Å². The molecular formula is C11H23N5O2. The van der Waals surface area contributed by atoms with E-state index in [4.69, 9.17) is 16.2 Å². The van der Waals surface area contributed by atoms with Crippen LogP contribution in [-0.2, 0) is 9.53 Å². The smallest absolute Gasteiger partial charge is 0.313 e. The number of ether oxygens (including phenoxy) is 1. The maximum atomic E-state index is 11.6. The van der Waals surface area contributed by atoms with E-state index in [1.165, 1.54) is 0 Å². The van der Waals surface area contributed by atoms with Crippen LogP contribution in [-0.4, -0.2) is 43.1 Å². The number of nitrogens with zero attached hydrogens (tertiary/aromatic N) is 3. The van der Waals surface area contributed by atoms with Crippen molar-refractivity contribution in [2.75, 3.05) is 14.1 Å². The molecule has 0 aromatic rings. The average molecular weight is 257 g/mol. The SMILES string of the molecule is CC(/N=C(N)\N=C(/N)N(C)C)OC(=O)C(C)(C)C. The monoisotopic (exact) mass is 257 g/mol. The summed E-state index contributed by atoms with van der Waals surface area (Å²) in [5.74, 6) is -0.155. The van der Waals surface area contributed by atoms with Gasteiger partial charge in [0.05, 0.1) is 5.41 Å². The van der Waals surface area contributed by atoms with Crippen molar-refractivity contribution in [1.82, 2.24) is 4.90 Å². The van der Waals surface area contributed by atoms with E-state index in [0.29, 0.717) is 0 Å². The molecule has 0 aliphatic rings. The van der Waals surface area contributed by atoms with Crippen LogP contribution in [0.25, 0.3) is 0 Å². The van der Waals surface area contributed by atoms with Gasteiger partial charge in [-0.15, -0.1) is 0 Å². The molecule has 0 amide bonds. The molecule has 18 heavy (non-hydrogen) atoms. The van der Waals surface area contributed by atoms with Crippen LogP contribution in [0.1, 0.15) is 27.7 Å². The summed E-state index contributed by atoms with van der Waals surface area (Å²) in [7, 11) is 3.46. The number of guanidine groups is 2. The molecule has 1 unspecified atom stereocenters. The second-order valence-corrected chi connectivity index (χ2v) is 5.11. The minimum atomic E-state index is -0.699. The van der Waals surface area contributed by atoms with Gasteiger partial charge < -0.3 is 21.1 Å². The third-order valence-electron chi connectivity index (χ3n) is 1.89. The Labute approximate surface area is 108 Å². The van der Waals surface area contributed by atoms with Crippen LogP contribution >= 0.6 is 0 Å². The van der Waals surface area contributed by atoms with Gasteiger partial charge in [0.15, 0.2) is 12.2 Å². The van der Waals surface area contributed by atoms with Gasteiger partial charge in [0.1, 0.15) is 0 Å². The molecule has 0 rings (SSSR count). The zero-order chi connectivity index (χ0) is 14.5. The second kappa shape index (κ2) is 6.23. The maximum absolute atomic E-state index is 11.6. The summed E-state index contributed by atoms with van der Waals surface area (Å²) in [5, 5.41) is 0. The summed E-state index contributed by atoms with van der Waals surface area (Å²) >= 11 is 0. The van der Waals surface area contributed by atoms with Gasteiger partial charge in [0.25, 0.3) is 0 Å². The molecule has 0 radical (unpaired) electrons. The van der Waals surface area contributed by atoms with E-state index < -0.39 is 11.6 Å².